The Bertz CT molecular complexity index is 800. The Morgan fingerprint density at radius 1 is 0.957 bits per heavy atom. The molecule has 0 saturated heterocycles. The normalized spacial score (nSPS) is 10.3. The van der Waals surface area contributed by atoms with Crippen molar-refractivity contribution < 1.29 is 9.84 Å². The van der Waals surface area contributed by atoms with Gasteiger partial charge >= 0.3 is 0 Å². The predicted molar refractivity (Wildman–Crippen MR) is 90.1 cm³/mol. The van der Waals surface area contributed by atoms with Crippen LogP contribution in [0.25, 0.3) is 11.3 Å². The zero-order chi connectivity index (χ0) is 16.2. The number of methoxy groups -OCH3 is 1. The number of rotatable bonds is 4. The fourth-order valence-corrected chi connectivity index (χ4v) is 2.23. The summed E-state index contributed by atoms with van der Waals surface area (Å²) in [6.45, 7) is 1.86. The molecule has 0 atom stereocenters. The lowest BCUT2D eigenvalue weighted by molar-refractivity contribution is 0.415. The standard InChI is InChI=1S/C18H17N3O2/c1-12-19-17(13-3-9-16(23-2)10-4-13)11-18(20-12)21-14-5-7-15(22)8-6-14/h3-11,22H,1-2H3,(H,19,20,21). The zero-order valence-corrected chi connectivity index (χ0v) is 12.9. The number of benzene rings is 2. The van der Waals surface area contributed by atoms with Gasteiger partial charge < -0.3 is 15.2 Å². The molecule has 0 aliphatic rings. The number of hydrogen-bond acceptors (Lipinski definition) is 5. The molecule has 0 saturated carbocycles. The summed E-state index contributed by atoms with van der Waals surface area (Å²) in [7, 11) is 1.64. The number of aromatic hydroxyl groups is 1. The van der Waals surface area contributed by atoms with Crippen LogP contribution in [0, 0.1) is 6.92 Å². The van der Waals surface area contributed by atoms with E-state index in [1.54, 1.807) is 31.4 Å². The van der Waals surface area contributed by atoms with E-state index in [1.807, 2.05) is 37.3 Å². The van der Waals surface area contributed by atoms with Gasteiger partial charge in [0.15, 0.2) is 0 Å². The number of hydrogen-bond donors (Lipinski definition) is 2. The molecule has 3 aromatic rings. The van der Waals surface area contributed by atoms with E-state index in [0.717, 1.165) is 22.7 Å². The van der Waals surface area contributed by atoms with Crippen molar-refractivity contribution in [3.8, 4) is 22.8 Å². The molecule has 5 heteroatoms. The smallest absolute Gasteiger partial charge is 0.134 e. The zero-order valence-electron chi connectivity index (χ0n) is 12.9. The van der Waals surface area contributed by atoms with Crippen LogP contribution in [0.3, 0.4) is 0 Å². The summed E-state index contributed by atoms with van der Waals surface area (Å²) in [5.74, 6) is 2.42. The summed E-state index contributed by atoms with van der Waals surface area (Å²) in [4.78, 5) is 8.88. The molecule has 2 N–H and O–H groups in total. The van der Waals surface area contributed by atoms with Crippen LogP contribution in [-0.2, 0) is 0 Å². The Balaban J connectivity index is 1.90. The van der Waals surface area contributed by atoms with Crippen molar-refractivity contribution in [3.63, 3.8) is 0 Å². The van der Waals surface area contributed by atoms with E-state index < -0.39 is 0 Å². The molecule has 1 aromatic heterocycles. The summed E-state index contributed by atoms with van der Waals surface area (Å²) in [6.07, 6.45) is 0. The molecule has 0 spiro atoms. The van der Waals surface area contributed by atoms with Gasteiger partial charge in [-0.05, 0) is 55.5 Å². The van der Waals surface area contributed by atoms with E-state index in [1.165, 1.54) is 0 Å². The maximum atomic E-state index is 9.34. The lowest BCUT2D eigenvalue weighted by Gasteiger charge is -2.09. The number of aromatic nitrogens is 2. The first kappa shape index (κ1) is 14.8. The molecule has 2 aromatic carbocycles. The van der Waals surface area contributed by atoms with E-state index >= 15 is 0 Å². The van der Waals surface area contributed by atoms with Gasteiger partial charge in [-0.15, -0.1) is 0 Å². The minimum Gasteiger partial charge on any atom is -0.508 e. The highest BCUT2D eigenvalue weighted by Crippen LogP contribution is 2.24. The van der Waals surface area contributed by atoms with Crippen molar-refractivity contribution in [2.45, 2.75) is 6.92 Å². The average molecular weight is 307 g/mol. The van der Waals surface area contributed by atoms with E-state index in [9.17, 15) is 5.11 Å². The van der Waals surface area contributed by atoms with Crippen LogP contribution in [0.2, 0.25) is 0 Å². The van der Waals surface area contributed by atoms with Gasteiger partial charge in [0.2, 0.25) is 0 Å². The van der Waals surface area contributed by atoms with E-state index in [0.29, 0.717) is 11.6 Å². The van der Waals surface area contributed by atoms with Crippen LogP contribution in [0.5, 0.6) is 11.5 Å². The van der Waals surface area contributed by atoms with Crippen LogP contribution < -0.4 is 10.1 Å². The molecular weight excluding hydrogens is 290 g/mol. The molecule has 0 aliphatic heterocycles. The fraction of sp³-hybridized carbons (Fsp3) is 0.111. The first-order chi connectivity index (χ1) is 11.1. The molecule has 0 aliphatic carbocycles. The SMILES string of the molecule is COc1ccc(-c2cc(Nc3ccc(O)cc3)nc(C)n2)cc1. The van der Waals surface area contributed by atoms with Crippen LogP contribution in [-0.4, -0.2) is 22.2 Å². The van der Waals surface area contributed by atoms with Gasteiger partial charge in [-0.3, -0.25) is 0 Å². The number of phenolic OH excluding ortho intramolecular Hbond substituents is 1. The quantitative estimate of drug-likeness (QED) is 0.715. The molecular formula is C18H17N3O2. The van der Waals surface area contributed by atoms with Gasteiger partial charge in [0.25, 0.3) is 0 Å². The number of ether oxygens (including phenoxy) is 1. The fourth-order valence-electron chi connectivity index (χ4n) is 2.23. The van der Waals surface area contributed by atoms with Gasteiger partial charge in [-0.2, -0.15) is 0 Å². The third-order valence-electron chi connectivity index (χ3n) is 3.36. The van der Waals surface area contributed by atoms with Crippen molar-refractivity contribution >= 4 is 11.5 Å². The first-order valence-corrected chi connectivity index (χ1v) is 7.20. The van der Waals surface area contributed by atoms with E-state index in [2.05, 4.69) is 15.3 Å². The number of nitrogens with one attached hydrogen (secondary N) is 1. The third kappa shape index (κ3) is 3.58. The van der Waals surface area contributed by atoms with Crippen LogP contribution in [0.1, 0.15) is 5.82 Å². The van der Waals surface area contributed by atoms with Crippen molar-refractivity contribution in [2.75, 3.05) is 12.4 Å². The van der Waals surface area contributed by atoms with Gasteiger partial charge in [0, 0.05) is 17.3 Å². The molecule has 116 valence electrons. The second-order valence-corrected chi connectivity index (χ2v) is 5.09. The molecule has 0 amide bonds. The first-order valence-electron chi connectivity index (χ1n) is 7.20. The Morgan fingerprint density at radius 3 is 2.30 bits per heavy atom. The maximum Gasteiger partial charge on any atom is 0.134 e. The van der Waals surface area contributed by atoms with Crippen molar-refractivity contribution in [3.05, 3.63) is 60.4 Å². The van der Waals surface area contributed by atoms with Gasteiger partial charge in [-0.1, -0.05) is 0 Å². The minimum absolute atomic E-state index is 0.230. The highest BCUT2D eigenvalue weighted by Gasteiger charge is 2.05. The van der Waals surface area contributed by atoms with Crippen LogP contribution in [0.15, 0.2) is 54.6 Å². The summed E-state index contributed by atoms with van der Waals surface area (Å²) in [5, 5.41) is 12.6. The van der Waals surface area contributed by atoms with Crippen molar-refractivity contribution in [2.24, 2.45) is 0 Å². The van der Waals surface area contributed by atoms with E-state index in [4.69, 9.17) is 4.74 Å². The van der Waals surface area contributed by atoms with Crippen LogP contribution in [0.4, 0.5) is 11.5 Å². The van der Waals surface area contributed by atoms with Gasteiger partial charge in [-0.25, -0.2) is 9.97 Å². The molecule has 23 heavy (non-hydrogen) atoms. The molecule has 3 rings (SSSR count). The third-order valence-corrected chi connectivity index (χ3v) is 3.36. The van der Waals surface area contributed by atoms with Gasteiger partial charge in [0.05, 0.1) is 12.8 Å². The van der Waals surface area contributed by atoms with Crippen LogP contribution >= 0.6 is 0 Å². The maximum absolute atomic E-state index is 9.34. The highest BCUT2D eigenvalue weighted by atomic mass is 16.5. The molecule has 0 unspecified atom stereocenters. The van der Waals surface area contributed by atoms with E-state index in [-0.39, 0.29) is 5.75 Å². The Kier molecular flexibility index (Phi) is 4.10. The minimum atomic E-state index is 0.230. The lowest BCUT2D eigenvalue weighted by atomic mass is 10.1. The lowest BCUT2D eigenvalue weighted by Crippen LogP contribution is -1.98. The van der Waals surface area contributed by atoms with Crippen molar-refractivity contribution in [1.82, 2.24) is 9.97 Å². The summed E-state index contributed by atoms with van der Waals surface area (Å²) >= 11 is 0. The molecule has 5 nitrogen and oxygen atoms in total. The Labute approximate surface area is 134 Å². The Hall–Kier alpha value is -3.08. The average Bonchev–Trinajstić information content (AvgIpc) is 2.56. The summed E-state index contributed by atoms with van der Waals surface area (Å²) < 4.78 is 5.18. The molecule has 0 bridgehead atoms. The largest absolute Gasteiger partial charge is 0.508 e. The second kappa shape index (κ2) is 6.36. The number of aryl methyl sites for hydroxylation is 1. The summed E-state index contributed by atoms with van der Waals surface area (Å²) in [6, 6.07) is 16.5. The van der Waals surface area contributed by atoms with Crippen molar-refractivity contribution in [1.29, 1.82) is 0 Å². The predicted octanol–water partition coefficient (Wildman–Crippen LogP) is 3.91. The monoisotopic (exact) mass is 307 g/mol. The number of phenols is 1. The topological polar surface area (TPSA) is 67.3 Å². The highest BCUT2D eigenvalue weighted by molar-refractivity contribution is 5.66. The number of anilines is 2. The second-order valence-electron chi connectivity index (χ2n) is 5.09. The number of nitrogens with zero attached hydrogens (tertiary/aromatic N) is 2. The summed E-state index contributed by atoms with van der Waals surface area (Å²) in [5.41, 5.74) is 2.67. The molecule has 0 fully saturated rings. The Morgan fingerprint density at radius 2 is 1.65 bits per heavy atom. The molecule has 1 heterocycles. The van der Waals surface area contributed by atoms with Gasteiger partial charge in [0.1, 0.15) is 23.1 Å². The molecule has 0 radical (unpaired) electrons.